The van der Waals surface area contributed by atoms with Crippen LogP contribution in [0, 0.1) is 0 Å². The van der Waals surface area contributed by atoms with Gasteiger partial charge in [-0.3, -0.25) is 4.79 Å². The molecule has 1 N–H and O–H groups in total. The number of hydrogen-bond acceptors (Lipinski definition) is 7. The zero-order valence-electron chi connectivity index (χ0n) is 20.7. The average molecular weight is 499 g/mol. The number of esters is 1. The van der Waals surface area contributed by atoms with Crippen molar-refractivity contribution in [2.24, 2.45) is 0 Å². The maximum Gasteiger partial charge on any atom is 0.427 e. The number of nitrogens with one attached hydrogen (secondary N) is 1. The Hall–Kier alpha value is -3.59. The van der Waals surface area contributed by atoms with Gasteiger partial charge in [0, 0.05) is 4.70 Å². The van der Waals surface area contributed by atoms with Gasteiger partial charge in [0.15, 0.2) is 6.61 Å². The van der Waals surface area contributed by atoms with Crippen molar-refractivity contribution in [2.75, 3.05) is 11.6 Å². The molecule has 0 saturated heterocycles. The molecule has 1 heterocycles. The molecule has 0 aliphatic rings. The molecule has 0 radical (unpaired) electrons. The second-order valence-corrected chi connectivity index (χ2v) is 10.9. The van der Waals surface area contributed by atoms with E-state index in [0.717, 1.165) is 10.1 Å². The van der Waals surface area contributed by atoms with Gasteiger partial charge in [-0.15, -0.1) is 11.3 Å². The molecule has 3 rings (SSSR count). The van der Waals surface area contributed by atoms with Crippen molar-refractivity contribution in [1.82, 2.24) is 5.43 Å². The fourth-order valence-electron chi connectivity index (χ4n) is 3.04. The molecule has 1 aromatic heterocycles. The summed E-state index contributed by atoms with van der Waals surface area (Å²) in [7, 11) is 0. The smallest absolute Gasteiger partial charge is 0.427 e. The van der Waals surface area contributed by atoms with Gasteiger partial charge < -0.3 is 14.2 Å². The van der Waals surface area contributed by atoms with Gasteiger partial charge in [0.2, 0.25) is 0 Å². The van der Waals surface area contributed by atoms with Gasteiger partial charge in [0.1, 0.15) is 17.0 Å². The first-order valence-electron chi connectivity index (χ1n) is 11.1. The van der Waals surface area contributed by atoms with Crippen LogP contribution in [0.3, 0.4) is 0 Å². The minimum atomic E-state index is -0.742. The Morgan fingerprint density at radius 2 is 1.54 bits per heavy atom. The highest BCUT2D eigenvalue weighted by atomic mass is 32.1. The predicted octanol–water partition coefficient (Wildman–Crippen LogP) is 5.71. The number of benzene rings is 2. The Bertz CT molecular complexity index is 1210. The van der Waals surface area contributed by atoms with E-state index in [4.69, 9.17) is 14.2 Å². The van der Waals surface area contributed by atoms with Crippen LogP contribution in [-0.4, -0.2) is 35.8 Å². The summed E-state index contributed by atoms with van der Waals surface area (Å²) >= 11 is 1.28. The van der Waals surface area contributed by atoms with E-state index in [1.54, 1.807) is 84.0 Å². The standard InChI is InChI=1S/C26H30N2O6S/c1-25(2,3)33-22(29)16-32-19-12-13-20-17(14-19)15-21(35-20)23(30)28(18-10-8-7-9-11-18)27-24(31)34-26(4,5)6/h7-15H,16H2,1-6H3,(H,27,31). The summed E-state index contributed by atoms with van der Waals surface area (Å²) in [5.41, 5.74) is 1.72. The van der Waals surface area contributed by atoms with Gasteiger partial charge in [-0.1, -0.05) is 18.2 Å². The first kappa shape index (κ1) is 26.0. The lowest BCUT2D eigenvalue weighted by molar-refractivity contribution is -0.157. The van der Waals surface area contributed by atoms with Crippen LogP contribution < -0.4 is 15.2 Å². The highest BCUT2D eigenvalue weighted by molar-refractivity contribution is 7.20. The van der Waals surface area contributed by atoms with E-state index in [9.17, 15) is 14.4 Å². The summed E-state index contributed by atoms with van der Waals surface area (Å²) < 4.78 is 17.0. The second-order valence-electron chi connectivity index (χ2n) is 9.78. The first-order valence-corrected chi connectivity index (χ1v) is 11.9. The third-order valence-electron chi connectivity index (χ3n) is 4.29. The molecule has 0 fully saturated rings. The Morgan fingerprint density at radius 3 is 2.17 bits per heavy atom. The van der Waals surface area contributed by atoms with Crippen LogP contribution in [0.2, 0.25) is 0 Å². The Balaban J connectivity index is 1.80. The SMILES string of the molecule is CC(C)(C)OC(=O)COc1ccc2sc(C(=O)N(NC(=O)OC(C)(C)C)c3ccccc3)cc2c1. The van der Waals surface area contributed by atoms with Crippen LogP contribution in [-0.2, 0) is 14.3 Å². The summed E-state index contributed by atoms with van der Waals surface area (Å²) in [6.07, 6.45) is -0.742. The lowest BCUT2D eigenvalue weighted by Crippen LogP contribution is -2.48. The van der Waals surface area contributed by atoms with Crippen LogP contribution in [0.4, 0.5) is 10.5 Å². The molecule has 2 amide bonds. The lowest BCUT2D eigenvalue weighted by atomic mass is 10.2. The van der Waals surface area contributed by atoms with E-state index < -0.39 is 29.2 Å². The summed E-state index contributed by atoms with van der Waals surface area (Å²) in [5.74, 6) is -0.406. The number of rotatable bonds is 5. The third-order valence-corrected chi connectivity index (χ3v) is 5.40. The monoisotopic (exact) mass is 498 g/mol. The molecule has 8 nitrogen and oxygen atoms in total. The molecule has 0 aliphatic carbocycles. The minimum Gasteiger partial charge on any atom is -0.482 e. The highest BCUT2D eigenvalue weighted by Crippen LogP contribution is 2.30. The van der Waals surface area contributed by atoms with E-state index in [0.29, 0.717) is 16.3 Å². The van der Waals surface area contributed by atoms with Crippen LogP contribution in [0.5, 0.6) is 5.75 Å². The molecular formula is C26H30N2O6S. The summed E-state index contributed by atoms with van der Waals surface area (Å²) in [6, 6.07) is 15.8. The zero-order chi connectivity index (χ0) is 25.8. The summed E-state index contributed by atoms with van der Waals surface area (Å²) in [6.45, 7) is 10.4. The van der Waals surface area contributed by atoms with Gasteiger partial charge in [-0.05, 0) is 83.3 Å². The quantitative estimate of drug-likeness (QED) is 0.358. The van der Waals surface area contributed by atoms with E-state index >= 15 is 0 Å². The van der Waals surface area contributed by atoms with Gasteiger partial charge in [-0.2, -0.15) is 0 Å². The lowest BCUT2D eigenvalue weighted by Gasteiger charge is -2.25. The fraction of sp³-hybridized carbons (Fsp3) is 0.346. The average Bonchev–Trinajstić information content (AvgIpc) is 3.17. The minimum absolute atomic E-state index is 0.222. The number of fused-ring (bicyclic) bond motifs is 1. The largest absolute Gasteiger partial charge is 0.482 e. The summed E-state index contributed by atoms with van der Waals surface area (Å²) in [5, 5.41) is 1.93. The number of nitrogens with zero attached hydrogens (tertiary/aromatic N) is 1. The number of carbonyl (C=O) groups is 3. The van der Waals surface area contributed by atoms with Crippen molar-refractivity contribution >= 4 is 45.1 Å². The molecule has 9 heteroatoms. The Morgan fingerprint density at radius 1 is 0.886 bits per heavy atom. The third kappa shape index (κ3) is 7.71. The number of hydrazine groups is 1. The number of anilines is 1. The van der Waals surface area contributed by atoms with Crippen molar-refractivity contribution in [3.8, 4) is 5.75 Å². The van der Waals surface area contributed by atoms with Crippen molar-refractivity contribution in [2.45, 2.75) is 52.7 Å². The van der Waals surface area contributed by atoms with Crippen LogP contribution >= 0.6 is 11.3 Å². The molecule has 0 aliphatic heterocycles. The van der Waals surface area contributed by atoms with Gasteiger partial charge >= 0.3 is 12.1 Å². The number of ether oxygens (including phenoxy) is 3. The van der Waals surface area contributed by atoms with Crippen molar-refractivity contribution in [3.63, 3.8) is 0 Å². The normalized spacial score (nSPS) is 11.6. The van der Waals surface area contributed by atoms with E-state index in [-0.39, 0.29) is 6.61 Å². The van der Waals surface area contributed by atoms with Crippen LogP contribution in [0.15, 0.2) is 54.6 Å². The number of amides is 2. The molecule has 0 spiro atoms. The number of para-hydroxylation sites is 1. The molecular weight excluding hydrogens is 468 g/mol. The first-order chi connectivity index (χ1) is 16.3. The zero-order valence-corrected chi connectivity index (χ0v) is 21.5. The topological polar surface area (TPSA) is 94.2 Å². The Labute approximate surface area is 208 Å². The van der Waals surface area contributed by atoms with Gasteiger partial charge in [0.05, 0.1) is 10.6 Å². The van der Waals surface area contributed by atoms with Gasteiger partial charge in [-0.25, -0.2) is 20.0 Å². The maximum absolute atomic E-state index is 13.4. The molecule has 0 saturated carbocycles. The highest BCUT2D eigenvalue weighted by Gasteiger charge is 2.25. The molecule has 186 valence electrons. The number of carbonyl (C=O) groups excluding carboxylic acids is 3. The van der Waals surface area contributed by atoms with Crippen LogP contribution in [0.1, 0.15) is 51.2 Å². The van der Waals surface area contributed by atoms with E-state index in [2.05, 4.69) is 5.43 Å². The maximum atomic E-state index is 13.4. The van der Waals surface area contributed by atoms with Gasteiger partial charge in [0.25, 0.3) is 5.91 Å². The molecule has 2 aromatic carbocycles. The molecule has 35 heavy (non-hydrogen) atoms. The summed E-state index contributed by atoms with van der Waals surface area (Å²) in [4.78, 5) is 38.2. The molecule has 0 bridgehead atoms. The molecule has 0 unspecified atom stereocenters. The van der Waals surface area contributed by atoms with Crippen molar-refractivity contribution in [3.05, 3.63) is 59.5 Å². The number of thiophene rings is 1. The number of hydrogen-bond donors (Lipinski definition) is 1. The second kappa shape index (κ2) is 10.4. The predicted molar refractivity (Wildman–Crippen MR) is 136 cm³/mol. The van der Waals surface area contributed by atoms with Crippen molar-refractivity contribution < 1.29 is 28.6 Å². The molecule has 0 atom stereocenters. The van der Waals surface area contributed by atoms with Crippen molar-refractivity contribution in [1.29, 1.82) is 0 Å². The van der Waals surface area contributed by atoms with E-state index in [1.807, 2.05) is 12.1 Å². The van der Waals surface area contributed by atoms with Crippen LogP contribution in [0.25, 0.3) is 10.1 Å². The Kier molecular flexibility index (Phi) is 7.70. The fourth-order valence-corrected chi connectivity index (χ4v) is 4.02. The van der Waals surface area contributed by atoms with E-state index in [1.165, 1.54) is 16.3 Å². The molecule has 3 aromatic rings.